The fourth-order valence-corrected chi connectivity index (χ4v) is 3.69. The number of hydrogen-bond donors (Lipinski definition) is 1. The van der Waals surface area contributed by atoms with Crippen molar-refractivity contribution in [3.05, 3.63) is 105 Å². The zero-order chi connectivity index (χ0) is 19.7. The predicted molar refractivity (Wildman–Crippen MR) is 117 cm³/mol. The van der Waals surface area contributed by atoms with Crippen LogP contribution in [0.25, 0.3) is 0 Å². The van der Waals surface area contributed by atoms with Gasteiger partial charge in [0.25, 0.3) is 5.91 Å². The molecule has 6 heteroatoms. The molecule has 140 valence electrons. The molecule has 28 heavy (non-hydrogen) atoms. The first kappa shape index (κ1) is 18.9. The van der Waals surface area contributed by atoms with Gasteiger partial charge >= 0.3 is 0 Å². The van der Waals surface area contributed by atoms with Crippen LogP contribution in [0.2, 0.25) is 0 Å². The van der Waals surface area contributed by atoms with Crippen LogP contribution < -0.4 is 10.2 Å². The molecule has 0 aliphatic carbocycles. The number of halogens is 3. The minimum atomic E-state index is -0.401. The number of anilines is 2. The van der Waals surface area contributed by atoms with Crippen LogP contribution >= 0.6 is 31.9 Å². The fraction of sp³-hybridized carbons (Fsp3) is 0.0455. The van der Waals surface area contributed by atoms with E-state index in [2.05, 4.69) is 37.2 Å². The molecule has 1 amide bonds. The molecule has 0 saturated carbocycles. The van der Waals surface area contributed by atoms with Crippen LogP contribution in [0.1, 0.15) is 11.6 Å². The van der Waals surface area contributed by atoms with Gasteiger partial charge in [-0.2, -0.15) is 0 Å². The number of benzene rings is 3. The molecule has 1 aliphatic heterocycles. The van der Waals surface area contributed by atoms with Gasteiger partial charge < -0.3 is 5.32 Å². The van der Waals surface area contributed by atoms with E-state index in [-0.39, 0.29) is 11.7 Å². The average molecular weight is 502 g/mol. The van der Waals surface area contributed by atoms with Crippen molar-refractivity contribution in [3.8, 4) is 0 Å². The Bertz CT molecular complexity index is 1050. The maximum Gasteiger partial charge on any atom is 0.275 e. The Labute approximate surface area is 179 Å². The Balaban J connectivity index is 1.73. The Kier molecular flexibility index (Phi) is 5.33. The van der Waals surface area contributed by atoms with Crippen molar-refractivity contribution in [2.75, 3.05) is 10.2 Å². The lowest BCUT2D eigenvalue weighted by molar-refractivity contribution is -0.114. The molecule has 3 aromatic carbocycles. The minimum Gasteiger partial charge on any atom is -0.351 e. The average Bonchev–Trinajstić information content (AvgIpc) is 3.01. The highest BCUT2D eigenvalue weighted by atomic mass is 79.9. The second-order valence-electron chi connectivity index (χ2n) is 6.36. The lowest BCUT2D eigenvalue weighted by Crippen LogP contribution is -2.30. The maximum atomic E-state index is 13.8. The van der Waals surface area contributed by atoms with Crippen LogP contribution in [0.15, 0.2) is 93.5 Å². The molecule has 1 aliphatic rings. The predicted octanol–water partition coefficient (Wildman–Crippen LogP) is 6.43. The molecule has 1 N–H and O–H groups in total. The highest BCUT2D eigenvalue weighted by molar-refractivity contribution is 9.10. The summed E-state index contributed by atoms with van der Waals surface area (Å²) >= 11 is 6.82. The summed E-state index contributed by atoms with van der Waals surface area (Å²) in [7, 11) is 0. The van der Waals surface area contributed by atoms with E-state index in [0.717, 1.165) is 20.3 Å². The van der Waals surface area contributed by atoms with Gasteiger partial charge in [0, 0.05) is 20.3 Å². The van der Waals surface area contributed by atoms with E-state index in [1.165, 1.54) is 12.1 Å². The van der Waals surface area contributed by atoms with Gasteiger partial charge in [-0.05, 0) is 72.3 Å². The number of carbonyl (C=O) groups excluding carboxylic acids is 1. The summed E-state index contributed by atoms with van der Waals surface area (Å²) in [5.74, 6) is -0.497. The second-order valence-corrected chi connectivity index (χ2v) is 8.20. The summed E-state index contributed by atoms with van der Waals surface area (Å²) in [5, 5.41) is 3.19. The topological polar surface area (TPSA) is 32.3 Å². The highest BCUT2D eigenvalue weighted by Crippen LogP contribution is 2.36. The molecule has 0 bridgehead atoms. The Morgan fingerprint density at radius 2 is 1.54 bits per heavy atom. The van der Waals surface area contributed by atoms with E-state index < -0.39 is 6.04 Å². The molecule has 0 unspecified atom stereocenters. The second kappa shape index (κ2) is 7.89. The zero-order valence-electron chi connectivity index (χ0n) is 14.6. The van der Waals surface area contributed by atoms with E-state index in [4.69, 9.17) is 0 Å². The molecule has 0 radical (unpaired) electrons. The Morgan fingerprint density at radius 3 is 2.18 bits per heavy atom. The largest absolute Gasteiger partial charge is 0.351 e. The number of amides is 1. The summed E-state index contributed by atoms with van der Waals surface area (Å²) in [5.41, 5.74) is 2.72. The van der Waals surface area contributed by atoms with Gasteiger partial charge in [0.05, 0.1) is 6.04 Å². The third kappa shape index (κ3) is 3.88. The van der Waals surface area contributed by atoms with Gasteiger partial charge in [0.2, 0.25) is 0 Å². The quantitative estimate of drug-likeness (QED) is 0.446. The zero-order valence-corrected chi connectivity index (χ0v) is 17.7. The maximum absolute atomic E-state index is 13.8. The van der Waals surface area contributed by atoms with Crippen molar-refractivity contribution in [2.45, 2.75) is 6.04 Å². The van der Waals surface area contributed by atoms with Crippen molar-refractivity contribution in [1.29, 1.82) is 0 Å². The molecule has 0 fully saturated rings. The van der Waals surface area contributed by atoms with Crippen molar-refractivity contribution >= 4 is 49.1 Å². The highest BCUT2D eigenvalue weighted by Gasteiger charge is 2.34. The molecular weight excluding hydrogens is 487 g/mol. The first-order chi connectivity index (χ1) is 13.5. The van der Waals surface area contributed by atoms with Crippen molar-refractivity contribution in [3.63, 3.8) is 0 Å². The van der Waals surface area contributed by atoms with Crippen molar-refractivity contribution in [2.24, 2.45) is 0 Å². The van der Waals surface area contributed by atoms with Crippen LogP contribution in [0, 0.1) is 5.82 Å². The van der Waals surface area contributed by atoms with E-state index in [1.807, 2.05) is 60.7 Å². The van der Waals surface area contributed by atoms with Crippen molar-refractivity contribution < 1.29 is 9.18 Å². The molecule has 0 spiro atoms. The van der Waals surface area contributed by atoms with Gasteiger partial charge in [0.15, 0.2) is 0 Å². The van der Waals surface area contributed by atoms with Crippen LogP contribution in [0.5, 0.6) is 0 Å². The fourth-order valence-electron chi connectivity index (χ4n) is 3.16. The molecule has 3 nitrogen and oxygen atoms in total. The third-order valence-corrected chi connectivity index (χ3v) is 5.53. The van der Waals surface area contributed by atoms with Crippen LogP contribution in [-0.4, -0.2) is 5.91 Å². The molecule has 1 heterocycles. The van der Waals surface area contributed by atoms with Crippen LogP contribution in [0.3, 0.4) is 0 Å². The lowest BCUT2D eigenvalue weighted by atomic mass is 10.1. The summed E-state index contributed by atoms with van der Waals surface area (Å²) in [4.78, 5) is 14.9. The third-order valence-electron chi connectivity index (χ3n) is 4.47. The monoisotopic (exact) mass is 500 g/mol. The van der Waals surface area contributed by atoms with E-state index in [1.54, 1.807) is 11.0 Å². The first-order valence-corrected chi connectivity index (χ1v) is 10.2. The number of rotatable bonds is 4. The molecule has 0 saturated heterocycles. The standard InChI is InChI=1S/C22H15Br2FN2O/c23-15-4-8-18(9-5-15)26-20-13-21(14-2-1-3-17(25)12-14)27(22(20)28)19-10-6-16(24)7-11-19/h1-13,21,26H/t21-/m0/s1. The number of nitrogens with zero attached hydrogens (tertiary/aromatic N) is 1. The Morgan fingerprint density at radius 1 is 0.893 bits per heavy atom. The van der Waals surface area contributed by atoms with Crippen LogP contribution in [-0.2, 0) is 4.79 Å². The van der Waals surface area contributed by atoms with Crippen molar-refractivity contribution in [1.82, 2.24) is 0 Å². The number of hydrogen-bond acceptors (Lipinski definition) is 2. The molecule has 1 atom stereocenters. The first-order valence-electron chi connectivity index (χ1n) is 8.60. The summed E-state index contributed by atoms with van der Waals surface area (Å²) in [6.07, 6.45) is 1.83. The van der Waals surface area contributed by atoms with Crippen LogP contribution in [0.4, 0.5) is 15.8 Å². The molecular formula is C22H15Br2FN2O. The minimum absolute atomic E-state index is 0.167. The molecule has 4 rings (SSSR count). The lowest BCUT2D eigenvalue weighted by Gasteiger charge is -2.25. The van der Waals surface area contributed by atoms with E-state index >= 15 is 0 Å². The van der Waals surface area contributed by atoms with Gasteiger partial charge in [-0.1, -0.05) is 44.0 Å². The Hall–Kier alpha value is -2.44. The van der Waals surface area contributed by atoms with Gasteiger partial charge in [0.1, 0.15) is 11.5 Å². The smallest absolute Gasteiger partial charge is 0.275 e. The molecule has 0 aromatic heterocycles. The summed E-state index contributed by atoms with van der Waals surface area (Å²) < 4.78 is 15.7. The van der Waals surface area contributed by atoms with Gasteiger partial charge in [-0.25, -0.2) is 4.39 Å². The SMILES string of the molecule is O=C1C(Nc2ccc(Br)cc2)=C[C@@H](c2cccc(F)c2)N1c1ccc(Br)cc1. The van der Waals surface area contributed by atoms with Gasteiger partial charge in [-0.3, -0.25) is 9.69 Å². The normalized spacial score (nSPS) is 16.2. The van der Waals surface area contributed by atoms with Gasteiger partial charge in [-0.15, -0.1) is 0 Å². The van der Waals surface area contributed by atoms with E-state index in [9.17, 15) is 9.18 Å². The summed E-state index contributed by atoms with van der Waals surface area (Å²) in [6, 6.07) is 21.0. The summed E-state index contributed by atoms with van der Waals surface area (Å²) in [6.45, 7) is 0. The van der Waals surface area contributed by atoms with E-state index in [0.29, 0.717) is 11.3 Å². The number of nitrogens with one attached hydrogen (secondary N) is 1. The number of carbonyl (C=O) groups is 1. The molecule has 3 aromatic rings.